The quantitative estimate of drug-likeness (QED) is 0.564. The number of ether oxygens (including phenoxy) is 1. The van der Waals surface area contributed by atoms with E-state index in [-0.39, 0.29) is 18.1 Å². The van der Waals surface area contributed by atoms with Crippen molar-refractivity contribution in [3.63, 3.8) is 0 Å². The third kappa shape index (κ3) is 4.76. The Morgan fingerprint density at radius 2 is 2.03 bits per heavy atom. The van der Waals surface area contributed by atoms with E-state index in [1.807, 2.05) is 12.1 Å². The Kier molecular flexibility index (Phi) is 6.20. The highest BCUT2D eigenvalue weighted by molar-refractivity contribution is 5.94. The number of nitrogens with zero attached hydrogens (tertiary/aromatic N) is 5. The molecule has 2 aliphatic heterocycles. The molecule has 2 aromatic heterocycles. The standard InChI is InChI=1S/C24H25N7O3/c25-12-16-1-3-19-20(11-16)31(23(33)14-27-19)10-9-30-7-5-17(6-8-30)26-13-18-2-4-21-24(28-18)29-22(32)15-34-21/h1-4,11,14,17,26H,5-10,13,15H2,(H,28,29,32). The highest BCUT2D eigenvalue weighted by Crippen LogP contribution is 2.25. The van der Waals surface area contributed by atoms with Crippen LogP contribution >= 0.6 is 0 Å². The Bertz CT molecular complexity index is 1320. The molecule has 10 heteroatoms. The maximum atomic E-state index is 12.4. The number of carbonyl (C=O) groups is 1. The van der Waals surface area contributed by atoms with E-state index in [1.165, 1.54) is 6.20 Å². The fourth-order valence-corrected chi connectivity index (χ4v) is 4.42. The van der Waals surface area contributed by atoms with Crippen molar-refractivity contribution in [2.24, 2.45) is 0 Å². The molecule has 0 radical (unpaired) electrons. The van der Waals surface area contributed by atoms with Crippen LogP contribution in [0.15, 0.2) is 41.3 Å². The maximum Gasteiger partial charge on any atom is 0.269 e. The fraction of sp³-hybridized carbons (Fsp3) is 0.375. The second kappa shape index (κ2) is 9.59. The van der Waals surface area contributed by atoms with Gasteiger partial charge < -0.3 is 24.8 Å². The number of fused-ring (bicyclic) bond motifs is 2. The number of nitriles is 1. The van der Waals surface area contributed by atoms with Gasteiger partial charge in [-0.1, -0.05) is 0 Å². The molecule has 0 saturated carbocycles. The number of benzene rings is 1. The summed E-state index contributed by atoms with van der Waals surface area (Å²) in [6.45, 7) is 3.82. The number of anilines is 1. The first-order valence-electron chi connectivity index (χ1n) is 11.4. The van der Waals surface area contributed by atoms with Gasteiger partial charge >= 0.3 is 0 Å². The van der Waals surface area contributed by atoms with Crippen molar-refractivity contribution in [1.82, 2.24) is 24.8 Å². The number of carbonyl (C=O) groups excluding carboxylic acids is 1. The van der Waals surface area contributed by atoms with Gasteiger partial charge in [-0.05, 0) is 56.3 Å². The van der Waals surface area contributed by atoms with Gasteiger partial charge in [0.15, 0.2) is 18.2 Å². The summed E-state index contributed by atoms with van der Waals surface area (Å²) in [5, 5.41) is 15.5. The molecule has 0 aliphatic carbocycles. The molecule has 2 aliphatic rings. The average molecular weight is 460 g/mol. The maximum absolute atomic E-state index is 12.4. The molecule has 1 aromatic carbocycles. The first-order chi connectivity index (χ1) is 16.6. The summed E-state index contributed by atoms with van der Waals surface area (Å²) in [6, 6.07) is 11.5. The van der Waals surface area contributed by atoms with Crippen LogP contribution in [-0.4, -0.2) is 57.6 Å². The highest BCUT2D eigenvalue weighted by atomic mass is 16.5. The molecule has 4 heterocycles. The van der Waals surface area contributed by atoms with Crippen LogP contribution in [0, 0.1) is 11.3 Å². The summed E-state index contributed by atoms with van der Waals surface area (Å²) in [5.74, 6) is 0.887. The topological polar surface area (TPSA) is 125 Å². The van der Waals surface area contributed by atoms with Gasteiger partial charge in [-0.3, -0.25) is 9.59 Å². The number of rotatable bonds is 6. The fourth-order valence-electron chi connectivity index (χ4n) is 4.42. The number of amides is 1. The summed E-state index contributed by atoms with van der Waals surface area (Å²) < 4.78 is 7.06. The van der Waals surface area contributed by atoms with E-state index in [0.29, 0.717) is 47.3 Å². The lowest BCUT2D eigenvalue weighted by Crippen LogP contribution is -2.43. The van der Waals surface area contributed by atoms with E-state index < -0.39 is 0 Å². The van der Waals surface area contributed by atoms with Crippen molar-refractivity contribution in [1.29, 1.82) is 5.26 Å². The van der Waals surface area contributed by atoms with Gasteiger partial charge in [0.05, 0.1) is 34.6 Å². The summed E-state index contributed by atoms with van der Waals surface area (Å²) >= 11 is 0. The van der Waals surface area contributed by atoms with Crippen molar-refractivity contribution in [3.8, 4) is 11.8 Å². The van der Waals surface area contributed by atoms with Crippen molar-refractivity contribution >= 4 is 22.8 Å². The predicted molar refractivity (Wildman–Crippen MR) is 125 cm³/mol. The second-order valence-corrected chi connectivity index (χ2v) is 8.55. The Morgan fingerprint density at radius 1 is 1.18 bits per heavy atom. The molecule has 3 aromatic rings. The van der Waals surface area contributed by atoms with Gasteiger partial charge in [-0.25, -0.2) is 9.97 Å². The van der Waals surface area contributed by atoms with Gasteiger partial charge in [-0.2, -0.15) is 5.26 Å². The Hall–Kier alpha value is -3.81. The van der Waals surface area contributed by atoms with Gasteiger partial charge in [0.25, 0.3) is 11.5 Å². The monoisotopic (exact) mass is 459 g/mol. The SMILES string of the molecule is N#Cc1ccc2ncc(=O)n(CCN3CCC(NCc4ccc5c(n4)NC(=O)CO5)CC3)c2c1. The minimum atomic E-state index is -0.190. The van der Waals surface area contributed by atoms with Crippen molar-refractivity contribution < 1.29 is 9.53 Å². The Morgan fingerprint density at radius 3 is 2.85 bits per heavy atom. The number of hydrogen-bond donors (Lipinski definition) is 2. The van der Waals surface area contributed by atoms with Crippen LogP contribution in [0.5, 0.6) is 5.75 Å². The van der Waals surface area contributed by atoms with Crippen LogP contribution in [0.3, 0.4) is 0 Å². The third-order valence-corrected chi connectivity index (χ3v) is 6.31. The van der Waals surface area contributed by atoms with E-state index in [4.69, 9.17) is 4.74 Å². The zero-order chi connectivity index (χ0) is 23.5. The molecule has 2 N–H and O–H groups in total. The van der Waals surface area contributed by atoms with Crippen molar-refractivity contribution in [2.75, 3.05) is 31.6 Å². The van der Waals surface area contributed by atoms with Crippen LogP contribution in [0.1, 0.15) is 24.1 Å². The third-order valence-electron chi connectivity index (χ3n) is 6.31. The van der Waals surface area contributed by atoms with Gasteiger partial charge in [0.2, 0.25) is 0 Å². The largest absolute Gasteiger partial charge is 0.480 e. The average Bonchev–Trinajstić information content (AvgIpc) is 2.87. The molecule has 5 rings (SSSR count). The molecule has 1 saturated heterocycles. The first kappa shape index (κ1) is 22.0. The number of hydrogen-bond acceptors (Lipinski definition) is 8. The summed E-state index contributed by atoms with van der Waals surface area (Å²) in [5.41, 5.74) is 2.63. The lowest BCUT2D eigenvalue weighted by atomic mass is 10.0. The van der Waals surface area contributed by atoms with Gasteiger partial charge in [0, 0.05) is 25.7 Å². The molecule has 1 fully saturated rings. The smallest absolute Gasteiger partial charge is 0.269 e. The van der Waals surface area contributed by atoms with Crippen LogP contribution in [0.4, 0.5) is 5.82 Å². The van der Waals surface area contributed by atoms with Crippen LogP contribution < -0.4 is 20.9 Å². The molecular formula is C24H25N7O3. The molecule has 0 unspecified atom stereocenters. The number of likely N-dealkylation sites (tertiary alicyclic amines) is 1. The first-order valence-corrected chi connectivity index (χ1v) is 11.4. The summed E-state index contributed by atoms with van der Waals surface area (Å²) in [7, 11) is 0. The molecule has 10 nitrogen and oxygen atoms in total. The minimum Gasteiger partial charge on any atom is -0.480 e. The number of pyridine rings is 1. The Balaban J connectivity index is 1.14. The van der Waals surface area contributed by atoms with E-state index in [1.54, 1.807) is 22.8 Å². The predicted octanol–water partition coefficient (Wildman–Crippen LogP) is 1.25. The normalized spacial score (nSPS) is 16.5. The summed E-state index contributed by atoms with van der Waals surface area (Å²) in [4.78, 5) is 35.0. The number of nitrogens with one attached hydrogen (secondary N) is 2. The summed E-state index contributed by atoms with van der Waals surface area (Å²) in [6.07, 6.45) is 3.33. The lowest BCUT2D eigenvalue weighted by Gasteiger charge is -2.32. The highest BCUT2D eigenvalue weighted by Gasteiger charge is 2.21. The van der Waals surface area contributed by atoms with Crippen LogP contribution in [0.25, 0.3) is 11.0 Å². The number of aromatic nitrogens is 3. The van der Waals surface area contributed by atoms with Gasteiger partial charge in [0.1, 0.15) is 0 Å². The van der Waals surface area contributed by atoms with Crippen molar-refractivity contribution in [3.05, 3.63) is 58.1 Å². The molecular weight excluding hydrogens is 434 g/mol. The van der Waals surface area contributed by atoms with Crippen LogP contribution in [-0.2, 0) is 17.9 Å². The molecule has 0 bridgehead atoms. The van der Waals surface area contributed by atoms with E-state index in [0.717, 1.165) is 38.2 Å². The minimum absolute atomic E-state index is 0.0256. The zero-order valence-electron chi connectivity index (χ0n) is 18.7. The molecule has 0 atom stereocenters. The molecule has 0 spiro atoms. The van der Waals surface area contributed by atoms with E-state index in [2.05, 4.69) is 31.6 Å². The van der Waals surface area contributed by atoms with Crippen molar-refractivity contribution in [2.45, 2.75) is 32.0 Å². The molecule has 1 amide bonds. The van der Waals surface area contributed by atoms with E-state index >= 15 is 0 Å². The lowest BCUT2D eigenvalue weighted by molar-refractivity contribution is -0.118. The molecule has 34 heavy (non-hydrogen) atoms. The molecule has 174 valence electrons. The zero-order valence-corrected chi connectivity index (χ0v) is 18.7. The Labute approximate surface area is 196 Å². The van der Waals surface area contributed by atoms with E-state index in [9.17, 15) is 14.9 Å². The van der Waals surface area contributed by atoms with Gasteiger partial charge in [-0.15, -0.1) is 0 Å². The number of piperidine rings is 1. The second-order valence-electron chi connectivity index (χ2n) is 8.55. The van der Waals surface area contributed by atoms with Crippen LogP contribution in [0.2, 0.25) is 0 Å².